The van der Waals surface area contributed by atoms with E-state index in [4.69, 9.17) is 18.0 Å². The van der Waals surface area contributed by atoms with Gasteiger partial charge in [0.15, 0.2) is 4.77 Å². The molecule has 0 amide bonds. The average Bonchev–Trinajstić information content (AvgIpc) is 2.79. The molecule has 94 valence electrons. The molecule has 1 aliphatic carbocycles. The molecule has 0 fully saturated rings. The molecule has 18 heavy (non-hydrogen) atoms. The number of hydrogen-bond acceptors (Lipinski definition) is 3. The maximum absolute atomic E-state index is 5.72. The summed E-state index contributed by atoms with van der Waals surface area (Å²) in [6, 6.07) is 9.00. The molecular formula is C13H16N4S. The minimum absolute atomic E-state index is 0.379. The van der Waals surface area contributed by atoms with Crippen molar-refractivity contribution in [1.29, 1.82) is 0 Å². The number of nitrogens with two attached hydrogens (primary N) is 1. The number of aromatic nitrogens is 3. The first kappa shape index (κ1) is 11.6. The molecule has 3 N–H and O–H groups in total. The molecule has 3 rings (SSSR count). The van der Waals surface area contributed by atoms with Crippen molar-refractivity contribution in [3.63, 3.8) is 0 Å². The van der Waals surface area contributed by atoms with Crippen molar-refractivity contribution in [2.24, 2.45) is 5.73 Å². The molecule has 0 saturated heterocycles. The minimum Gasteiger partial charge on any atom is -0.324 e. The largest absolute Gasteiger partial charge is 0.324 e. The summed E-state index contributed by atoms with van der Waals surface area (Å²) in [5.41, 5.74) is 8.59. The first-order valence-electron chi connectivity index (χ1n) is 6.22. The number of aryl methyl sites for hydroxylation is 1. The van der Waals surface area contributed by atoms with E-state index in [1.165, 1.54) is 11.1 Å². The second-order valence-electron chi connectivity index (χ2n) is 4.68. The van der Waals surface area contributed by atoms with Gasteiger partial charge in [0.05, 0.1) is 6.54 Å². The normalized spacial score (nSPS) is 18.6. The van der Waals surface area contributed by atoms with Gasteiger partial charge in [-0.3, -0.25) is 9.67 Å². The molecule has 0 bridgehead atoms. The van der Waals surface area contributed by atoms with Gasteiger partial charge in [0.1, 0.15) is 5.82 Å². The van der Waals surface area contributed by atoms with E-state index >= 15 is 0 Å². The summed E-state index contributed by atoms with van der Waals surface area (Å²) in [6.07, 6.45) is 3.20. The fourth-order valence-electron chi connectivity index (χ4n) is 2.76. The Labute approximate surface area is 111 Å². The van der Waals surface area contributed by atoms with Gasteiger partial charge in [-0.1, -0.05) is 24.3 Å². The molecule has 1 aromatic carbocycles. The molecule has 1 atom stereocenters. The van der Waals surface area contributed by atoms with Gasteiger partial charge < -0.3 is 5.73 Å². The van der Waals surface area contributed by atoms with Gasteiger partial charge in [-0.15, -0.1) is 0 Å². The third-order valence-electron chi connectivity index (χ3n) is 3.65. The lowest BCUT2D eigenvalue weighted by Crippen LogP contribution is -2.21. The molecule has 1 heterocycles. The van der Waals surface area contributed by atoms with Gasteiger partial charge in [-0.25, -0.2) is 0 Å². The summed E-state index contributed by atoms with van der Waals surface area (Å²) < 4.78 is 2.77. The second-order valence-corrected chi connectivity index (χ2v) is 5.07. The molecule has 2 aromatic rings. The highest BCUT2D eigenvalue weighted by Crippen LogP contribution is 2.29. The average molecular weight is 260 g/mol. The highest BCUT2D eigenvalue weighted by molar-refractivity contribution is 7.71. The van der Waals surface area contributed by atoms with E-state index in [0.29, 0.717) is 17.4 Å². The van der Waals surface area contributed by atoms with Crippen LogP contribution in [-0.4, -0.2) is 14.8 Å². The van der Waals surface area contributed by atoms with Crippen LogP contribution in [0, 0.1) is 4.77 Å². The van der Waals surface area contributed by atoms with Crippen LogP contribution in [0.25, 0.3) is 0 Å². The lowest BCUT2D eigenvalue weighted by Gasteiger charge is -2.26. The smallest absolute Gasteiger partial charge is 0.195 e. The number of rotatable bonds is 2. The second kappa shape index (κ2) is 4.66. The third-order valence-corrected chi connectivity index (χ3v) is 3.93. The van der Waals surface area contributed by atoms with Crippen LogP contribution in [-0.2, 0) is 19.4 Å². The Morgan fingerprint density at radius 3 is 2.94 bits per heavy atom. The van der Waals surface area contributed by atoms with E-state index in [1.807, 2.05) is 0 Å². The minimum atomic E-state index is 0.379. The van der Waals surface area contributed by atoms with Gasteiger partial charge in [0.25, 0.3) is 0 Å². The van der Waals surface area contributed by atoms with Gasteiger partial charge in [-0.2, -0.15) is 5.10 Å². The number of nitrogens with one attached hydrogen (secondary N) is 1. The van der Waals surface area contributed by atoms with Crippen molar-refractivity contribution >= 4 is 12.2 Å². The van der Waals surface area contributed by atoms with E-state index < -0.39 is 0 Å². The molecule has 0 spiro atoms. The van der Waals surface area contributed by atoms with Crippen molar-refractivity contribution in [3.05, 3.63) is 46.0 Å². The van der Waals surface area contributed by atoms with Crippen molar-refractivity contribution in [3.8, 4) is 0 Å². The Morgan fingerprint density at radius 2 is 2.17 bits per heavy atom. The maximum atomic E-state index is 5.72. The van der Waals surface area contributed by atoms with Crippen LogP contribution in [0.4, 0.5) is 0 Å². The predicted octanol–water partition coefficient (Wildman–Crippen LogP) is 2.13. The Kier molecular flexibility index (Phi) is 3.01. The molecule has 0 aliphatic heterocycles. The topological polar surface area (TPSA) is 59.6 Å². The zero-order valence-electron chi connectivity index (χ0n) is 10.1. The summed E-state index contributed by atoms with van der Waals surface area (Å²) in [5.74, 6) is 0.851. The van der Waals surface area contributed by atoms with E-state index in [1.54, 1.807) is 0 Å². The maximum Gasteiger partial charge on any atom is 0.195 e. The van der Waals surface area contributed by atoms with Crippen molar-refractivity contribution in [2.75, 3.05) is 0 Å². The van der Waals surface area contributed by atoms with Crippen molar-refractivity contribution < 1.29 is 0 Å². The molecule has 1 aromatic heterocycles. The number of hydrogen-bond donors (Lipinski definition) is 2. The number of aromatic amines is 1. The lowest BCUT2D eigenvalue weighted by atomic mass is 9.88. The van der Waals surface area contributed by atoms with E-state index in [-0.39, 0.29) is 0 Å². The number of benzene rings is 1. The summed E-state index contributed by atoms with van der Waals surface area (Å²) >= 11 is 5.31. The third kappa shape index (κ3) is 1.89. The lowest BCUT2D eigenvalue weighted by molar-refractivity contribution is 0.425. The zero-order valence-corrected chi connectivity index (χ0v) is 10.9. The predicted molar refractivity (Wildman–Crippen MR) is 72.8 cm³/mol. The summed E-state index contributed by atoms with van der Waals surface area (Å²) in [5, 5.41) is 7.03. The summed E-state index contributed by atoms with van der Waals surface area (Å²) in [7, 11) is 0. The fraction of sp³-hybridized carbons (Fsp3) is 0.385. The standard InChI is InChI=1S/C13H16N4S/c14-8-12-15-16-13(18)17(12)11-6-5-9-3-1-2-4-10(9)7-11/h1-4,11H,5-8,14H2,(H,16,18). The molecule has 5 heteroatoms. The molecule has 4 nitrogen and oxygen atoms in total. The number of nitrogens with zero attached hydrogens (tertiary/aromatic N) is 2. The van der Waals surface area contributed by atoms with Crippen LogP contribution in [0.3, 0.4) is 0 Å². The van der Waals surface area contributed by atoms with Gasteiger partial charge in [0.2, 0.25) is 0 Å². The van der Waals surface area contributed by atoms with E-state index in [9.17, 15) is 0 Å². The summed E-state index contributed by atoms with van der Waals surface area (Å²) in [6.45, 7) is 0.422. The van der Waals surface area contributed by atoms with Crippen LogP contribution in [0.2, 0.25) is 0 Å². The SMILES string of the molecule is NCc1n[nH]c(=S)n1C1CCc2ccccc2C1. The van der Waals surface area contributed by atoms with Gasteiger partial charge >= 0.3 is 0 Å². The monoisotopic (exact) mass is 260 g/mol. The van der Waals surface area contributed by atoms with Gasteiger partial charge in [-0.05, 0) is 42.6 Å². The van der Waals surface area contributed by atoms with E-state index in [0.717, 1.165) is 25.1 Å². The Hall–Kier alpha value is -1.46. The Bertz CT molecular complexity index is 613. The molecule has 1 unspecified atom stereocenters. The quantitative estimate of drug-likeness (QED) is 0.813. The Balaban J connectivity index is 1.96. The Morgan fingerprint density at radius 1 is 1.39 bits per heavy atom. The van der Waals surface area contributed by atoms with Crippen molar-refractivity contribution in [2.45, 2.75) is 31.8 Å². The highest BCUT2D eigenvalue weighted by atomic mass is 32.1. The number of H-pyrrole nitrogens is 1. The first-order chi connectivity index (χ1) is 8.79. The number of fused-ring (bicyclic) bond motifs is 1. The van der Waals surface area contributed by atoms with Crippen LogP contribution in [0.15, 0.2) is 24.3 Å². The van der Waals surface area contributed by atoms with E-state index in [2.05, 4.69) is 39.0 Å². The molecule has 1 aliphatic rings. The van der Waals surface area contributed by atoms with Crippen molar-refractivity contribution in [1.82, 2.24) is 14.8 Å². The van der Waals surface area contributed by atoms with Crippen LogP contribution in [0.1, 0.15) is 29.4 Å². The first-order valence-corrected chi connectivity index (χ1v) is 6.63. The highest BCUT2D eigenvalue weighted by Gasteiger charge is 2.22. The molecule has 0 radical (unpaired) electrons. The van der Waals surface area contributed by atoms with Crippen LogP contribution < -0.4 is 5.73 Å². The van der Waals surface area contributed by atoms with Crippen LogP contribution in [0.5, 0.6) is 0 Å². The molecule has 0 saturated carbocycles. The van der Waals surface area contributed by atoms with Gasteiger partial charge in [0, 0.05) is 6.04 Å². The molecular weight excluding hydrogens is 244 g/mol. The van der Waals surface area contributed by atoms with Crippen LogP contribution >= 0.6 is 12.2 Å². The zero-order chi connectivity index (χ0) is 12.5. The summed E-state index contributed by atoms with van der Waals surface area (Å²) in [4.78, 5) is 0. The fourth-order valence-corrected chi connectivity index (χ4v) is 3.06.